The van der Waals surface area contributed by atoms with Crippen molar-refractivity contribution >= 4 is 22.9 Å². The summed E-state index contributed by atoms with van der Waals surface area (Å²) in [5, 5.41) is 0. The number of hydrogen-bond donors (Lipinski definition) is 1. The van der Waals surface area contributed by atoms with Gasteiger partial charge in [-0.05, 0) is 32.5 Å². The van der Waals surface area contributed by atoms with Gasteiger partial charge in [-0.1, -0.05) is 30.8 Å². The molecule has 0 radical (unpaired) electrons. The molecule has 3 nitrogen and oxygen atoms in total. The molecule has 1 aromatic rings. The van der Waals surface area contributed by atoms with Crippen LogP contribution in [-0.2, 0) is 0 Å². The lowest BCUT2D eigenvalue weighted by Crippen LogP contribution is -2.52. The van der Waals surface area contributed by atoms with E-state index in [1.54, 1.807) is 0 Å². The van der Waals surface area contributed by atoms with E-state index >= 15 is 0 Å². The van der Waals surface area contributed by atoms with Crippen LogP contribution < -0.4 is 10.6 Å². The van der Waals surface area contributed by atoms with Crippen molar-refractivity contribution in [2.75, 3.05) is 31.1 Å². The van der Waals surface area contributed by atoms with Crippen LogP contribution in [0.2, 0.25) is 0 Å². The molecule has 19 heavy (non-hydrogen) atoms. The lowest BCUT2D eigenvalue weighted by molar-refractivity contribution is 0.199. The first-order chi connectivity index (χ1) is 9.02. The third kappa shape index (κ3) is 3.07. The largest absolute Gasteiger partial charge is 0.389 e. The van der Waals surface area contributed by atoms with Crippen molar-refractivity contribution in [3.8, 4) is 0 Å². The van der Waals surface area contributed by atoms with Crippen LogP contribution >= 0.6 is 12.2 Å². The van der Waals surface area contributed by atoms with Crippen molar-refractivity contribution in [1.82, 2.24) is 4.90 Å². The number of nitrogens with zero attached hydrogens (tertiary/aromatic N) is 2. The number of aryl methyl sites for hydroxylation is 1. The highest BCUT2D eigenvalue weighted by Gasteiger charge is 2.24. The van der Waals surface area contributed by atoms with Crippen molar-refractivity contribution in [3.05, 3.63) is 29.3 Å². The second-order valence-electron chi connectivity index (χ2n) is 5.31. The molecule has 1 aliphatic heterocycles. The Hall–Kier alpha value is -1.13. The number of thiocarbonyl (C=S) groups is 1. The highest BCUT2D eigenvalue weighted by Crippen LogP contribution is 2.24. The van der Waals surface area contributed by atoms with E-state index in [9.17, 15) is 0 Å². The van der Waals surface area contributed by atoms with Crippen molar-refractivity contribution in [1.29, 1.82) is 0 Å². The SMILES string of the molecule is CCN1CCN(c2ccc(C)cc2C(N)=S)CC1C. The molecular weight excluding hydrogens is 254 g/mol. The Morgan fingerprint density at radius 3 is 2.74 bits per heavy atom. The Labute approximate surface area is 121 Å². The first-order valence-electron chi connectivity index (χ1n) is 6.92. The van der Waals surface area contributed by atoms with Gasteiger partial charge >= 0.3 is 0 Å². The summed E-state index contributed by atoms with van der Waals surface area (Å²) in [5.74, 6) is 0. The summed E-state index contributed by atoms with van der Waals surface area (Å²) < 4.78 is 0. The van der Waals surface area contributed by atoms with E-state index in [1.165, 1.54) is 11.3 Å². The van der Waals surface area contributed by atoms with Crippen molar-refractivity contribution in [2.24, 2.45) is 5.73 Å². The summed E-state index contributed by atoms with van der Waals surface area (Å²) >= 11 is 5.19. The molecule has 2 rings (SSSR count). The van der Waals surface area contributed by atoms with Gasteiger partial charge in [0, 0.05) is 36.9 Å². The highest BCUT2D eigenvalue weighted by atomic mass is 32.1. The lowest BCUT2D eigenvalue weighted by atomic mass is 10.1. The number of piperazine rings is 1. The maximum absolute atomic E-state index is 5.87. The summed E-state index contributed by atoms with van der Waals surface area (Å²) in [6, 6.07) is 6.94. The minimum absolute atomic E-state index is 0.490. The molecule has 0 amide bonds. The number of nitrogens with two attached hydrogens (primary N) is 1. The third-order valence-electron chi connectivity index (χ3n) is 3.93. The Morgan fingerprint density at radius 2 is 2.16 bits per heavy atom. The number of rotatable bonds is 3. The van der Waals surface area contributed by atoms with Gasteiger partial charge in [-0.3, -0.25) is 4.90 Å². The highest BCUT2D eigenvalue weighted by molar-refractivity contribution is 7.80. The first kappa shape index (κ1) is 14.3. The van der Waals surface area contributed by atoms with Gasteiger partial charge in [-0.2, -0.15) is 0 Å². The van der Waals surface area contributed by atoms with Crippen molar-refractivity contribution in [3.63, 3.8) is 0 Å². The Bertz CT molecular complexity index is 472. The van der Waals surface area contributed by atoms with Crippen molar-refractivity contribution < 1.29 is 0 Å². The van der Waals surface area contributed by atoms with Gasteiger partial charge in [-0.25, -0.2) is 0 Å². The van der Waals surface area contributed by atoms with Gasteiger partial charge in [0.2, 0.25) is 0 Å². The van der Waals surface area contributed by atoms with E-state index in [1.807, 2.05) is 0 Å². The van der Waals surface area contributed by atoms with Gasteiger partial charge in [0.15, 0.2) is 0 Å². The minimum Gasteiger partial charge on any atom is -0.389 e. The Kier molecular flexibility index (Phi) is 4.42. The molecule has 0 spiro atoms. The minimum atomic E-state index is 0.490. The zero-order valence-corrected chi connectivity index (χ0v) is 12.8. The number of benzene rings is 1. The standard InChI is InChI=1S/C15H23N3S/c1-4-17-7-8-18(10-12(17)3)14-6-5-11(2)9-13(14)15(16)19/h5-6,9,12H,4,7-8,10H2,1-3H3,(H2,16,19). The Balaban J connectivity index is 2.25. The summed E-state index contributed by atoms with van der Waals surface area (Å²) in [5.41, 5.74) is 9.26. The predicted molar refractivity (Wildman–Crippen MR) is 86.0 cm³/mol. The smallest absolute Gasteiger partial charge is 0.106 e. The van der Waals surface area contributed by atoms with Crippen LogP contribution in [0, 0.1) is 6.92 Å². The van der Waals surface area contributed by atoms with Crippen LogP contribution in [0.1, 0.15) is 25.0 Å². The molecule has 0 bridgehead atoms. The maximum Gasteiger partial charge on any atom is 0.106 e. The lowest BCUT2D eigenvalue weighted by Gasteiger charge is -2.41. The van der Waals surface area contributed by atoms with Gasteiger partial charge in [-0.15, -0.1) is 0 Å². The molecule has 0 aromatic heterocycles. The first-order valence-corrected chi connectivity index (χ1v) is 7.33. The predicted octanol–water partition coefficient (Wildman–Crippen LogP) is 2.16. The molecule has 1 unspecified atom stereocenters. The van der Waals surface area contributed by atoms with Crippen LogP contribution in [0.25, 0.3) is 0 Å². The summed E-state index contributed by atoms with van der Waals surface area (Å²) in [6.07, 6.45) is 0. The summed E-state index contributed by atoms with van der Waals surface area (Å²) in [6.45, 7) is 10.9. The second-order valence-corrected chi connectivity index (χ2v) is 5.75. The van der Waals surface area contributed by atoms with Crippen LogP contribution in [0.15, 0.2) is 18.2 Å². The molecule has 1 fully saturated rings. The second kappa shape index (κ2) is 5.88. The quantitative estimate of drug-likeness (QED) is 0.858. The topological polar surface area (TPSA) is 32.5 Å². The summed E-state index contributed by atoms with van der Waals surface area (Å²) in [4.78, 5) is 5.40. The molecule has 104 valence electrons. The molecule has 0 saturated carbocycles. The number of anilines is 1. The van der Waals surface area contributed by atoms with Crippen molar-refractivity contribution in [2.45, 2.75) is 26.8 Å². The Morgan fingerprint density at radius 1 is 1.42 bits per heavy atom. The fourth-order valence-corrected chi connectivity index (χ4v) is 2.97. The van der Waals surface area contributed by atoms with Crippen LogP contribution in [0.4, 0.5) is 5.69 Å². The van der Waals surface area contributed by atoms with E-state index in [-0.39, 0.29) is 0 Å². The number of likely N-dealkylation sites (N-methyl/N-ethyl adjacent to an activating group) is 1. The zero-order chi connectivity index (χ0) is 14.0. The van der Waals surface area contributed by atoms with Gasteiger partial charge in [0.1, 0.15) is 4.99 Å². The zero-order valence-electron chi connectivity index (χ0n) is 12.0. The summed E-state index contributed by atoms with van der Waals surface area (Å²) in [7, 11) is 0. The molecule has 1 atom stereocenters. The van der Waals surface area contributed by atoms with Crippen LogP contribution in [0.3, 0.4) is 0 Å². The van der Waals surface area contributed by atoms with E-state index in [0.29, 0.717) is 11.0 Å². The molecule has 0 aliphatic carbocycles. The van der Waals surface area contributed by atoms with Crippen LogP contribution in [-0.4, -0.2) is 42.1 Å². The molecule has 1 aromatic carbocycles. The molecule has 2 N–H and O–H groups in total. The van der Waals surface area contributed by atoms with Gasteiger partial charge < -0.3 is 10.6 Å². The fraction of sp³-hybridized carbons (Fsp3) is 0.533. The maximum atomic E-state index is 5.87. The normalized spacial score (nSPS) is 20.6. The molecule has 1 heterocycles. The van der Waals surface area contributed by atoms with E-state index in [0.717, 1.165) is 31.7 Å². The van der Waals surface area contributed by atoms with Gasteiger partial charge in [0.25, 0.3) is 0 Å². The fourth-order valence-electron chi connectivity index (χ4n) is 2.81. The van der Waals surface area contributed by atoms with Crippen LogP contribution in [0.5, 0.6) is 0 Å². The molecule has 1 aliphatic rings. The van der Waals surface area contributed by atoms with E-state index in [2.05, 4.69) is 48.8 Å². The van der Waals surface area contributed by atoms with E-state index < -0.39 is 0 Å². The molecule has 1 saturated heterocycles. The average molecular weight is 277 g/mol. The monoisotopic (exact) mass is 277 g/mol. The average Bonchev–Trinajstić information content (AvgIpc) is 2.38. The molecular formula is C15H23N3S. The number of hydrogen-bond acceptors (Lipinski definition) is 3. The van der Waals surface area contributed by atoms with E-state index in [4.69, 9.17) is 18.0 Å². The third-order valence-corrected chi connectivity index (χ3v) is 4.15. The van der Waals surface area contributed by atoms with Gasteiger partial charge in [0.05, 0.1) is 0 Å². The molecule has 4 heteroatoms.